The minimum atomic E-state index is 0.0652. The summed E-state index contributed by atoms with van der Waals surface area (Å²) in [4.78, 5) is 0. The summed E-state index contributed by atoms with van der Waals surface area (Å²) in [6.45, 7) is 0. The number of allylic oxidation sites excluding steroid dienone is 2. The predicted molar refractivity (Wildman–Crippen MR) is 181 cm³/mol. The van der Waals surface area contributed by atoms with Crippen molar-refractivity contribution in [2.24, 2.45) is 14.5 Å². The van der Waals surface area contributed by atoms with Gasteiger partial charge in [-0.05, 0) is 73.5 Å². The van der Waals surface area contributed by atoms with Gasteiger partial charge in [-0.2, -0.15) is 25.4 Å². The van der Waals surface area contributed by atoms with Crippen LogP contribution in [0.5, 0.6) is 0 Å². The Hall–Kier alpha value is -4.77. The van der Waals surface area contributed by atoms with E-state index in [0.29, 0.717) is 20.2 Å². The molecule has 0 aromatic carbocycles. The Kier molecular flexibility index (Phi) is 9.24. The van der Waals surface area contributed by atoms with Crippen LogP contribution in [0.15, 0.2) is 79.8 Å². The van der Waals surface area contributed by atoms with Crippen LogP contribution in [0.3, 0.4) is 0 Å². The second-order valence-electron chi connectivity index (χ2n) is 8.72. The average molecular weight is 679 g/mol. The third kappa shape index (κ3) is 5.87. The summed E-state index contributed by atoms with van der Waals surface area (Å²) in [5.74, 6) is 0. The van der Waals surface area contributed by atoms with Gasteiger partial charge >= 0.3 is 0 Å². The number of nitrogens with two attached hydrogens (primary N) is 1. The van der Waals surface area contributed by atoms with Gasteiger partial charge in [0.2, 0.25) is 0 Å². The van der Waals surface area contributed by atoms with Gasteiger partial charge in [0.25, 0.3) is 0 Å². The molecule has 0 bridgehead atoms. The zero-order chi connectivity index (χ0) is 31.4. The number of nitriles is 4. The van der Waals surface area contributed by atoms with Crippen LogP contribution >= 0.6 is 58.2 Å². The van der Waals surface area contributed by atoms with E-state index in [1.54, 1.807) is 18.2 Å². The van der Waals surface area contributed by atoms with Crippen molar-refractivity contribution in [3.05, 3.63) is 107 Å². The summed E-state index contributed by atoms with van der Waals surface area (Å²) >= 11 is 14.9. The van der Waals surface area contributed by atoms with Crippen LogP contribution in [0.4, 0.5) is 0 Å². The molecule has 210 valence electrons. The maximum absolute atomic E-state index is 9.17. The highest BCUT2D eigenvalue weighted by Gasteiger charge is 2.27. The largest absolute Gasteiger partial charge is 0.396 e. The summed E-state index contributed by atoms with van der Waals surface area (Å²) in [7, 11) is 0. The summed E-state index contributed by atoms with van der Waals surface area (Å²) in [6.07, 6.45) is 3.60. The molecule has 8 nitrogen and oxygen atoms in total. The summed E-state index contributed by atoms with van der Waals surface area (Å²) in [5.41, 5.74) is 8.48. The van der Waals surface area contributed by atoms with Crippen LogP contribution in [0.1, 0.15) is 0 Å². The molecule has 0 saturated carbocycles. The standard InChI is InChI=1S/C30H14N8S6/c31-11-15(12-32)21-5-7-25(43-21)23-3-1-17(41-23)9-19-27(35)30(38-40)20(28(36)29(19)37-39)10-18-2-4-24(42-18)26-8-6-22(44-26)16(13-33)14-34/h1-10,35,40H,36H2/b17-9+,18-10+,25-23+,26-24+,35-27?,38-30-. The van der Waals surface area contributed by atoms with E-state index in [2.05, 4.69) is 21.6 Å². The van der Waals surface area contributed by atoms with E-state index in [9.17, 15) is 0 Å². The third-order valence-corrected chi connectivity index (χ3v) is 11.3. The molecule has 0 saturated heterocycles. The second-order valence-corrected chi connectivity index (χ2v) is 13.5. The highest BCUT2D eigenvalue weighted by molar-refractivity contribution is 7.79. The molecule has 1 aliphatic carbocycles. The molecule has 3 N–H and O–H groups in total. The molecule has 1 aliphatic rings. The van der Waals surface area contributed by atoms with Gasteiger partial charge in [-0.15, -0.1) is 45.3 Å². The molecule has 0 atom stereocenters. The van der Waals surface area contributed by atoms with Gasteiger partial charge < -0.3 is 5.73 Å². The number of nitrogens with zero attached hydrogens (tertiary/aromatic N) is 6. The Morgan fingerprint density at radius 2 is 1.16 bits per heavy atom. The smallest absolute Gasteiger partial charge is 0.146 e. The molecular weight excluding hydrogens is 665 g/mol. The minimum Gasteiger partial charge on any atom is -0.396 e. The van der Waals surface area contributed by atoms with Gasteiger partial charge in [-0.3, -0.25) is 5.41 Å². The fraction of sp³-hybridized carbons (Fsp3) is 0. The molecule has 0 aliphatic heterocycles. The lowest BCUT2D eigenvalue weighted by molar-refractivity contribution is 1.23. The molecule has 0 radical (unpaired) electrons. The molecule has 0 amide bonds. The van der Waals surface area contributed by atoms with Crippen molar-refractivity contribution in [3.63, 3.8) is 0 Å². The lowest BCUT2D eigenvalue weighted by Crippen LogP contribution is -2.27. The molecule has 0 unspecified atom stereocenters. The summed E-state index contributed by atoms with van der Waals surface area (Å²) in [5, 5.41) is 45.6. The van der Waals surface area contributed by atoms with E-state index < -0.39 is 0 Å². The SMILES string of the molecule is N#CC(C#N)=c1cc/c(=c2/cc/c(=C\C3=C(N=S)C(N)=C(/C=c4\cc/c(=c5/ccc(=C(C#N)C#N)s5)s4)/C(=N/S)C3=N)s2)s1. The zero-order valence-electron chi connectivity index (χ0n) is 22.0. The van der Waals surface area contributed by atoms with Crippen molar-refractivity contribution >= 4 is 105 Å². The van der Waals surface area contributed by atoms with Crippen LogP contribution in [0, 0.1) is 68.9 Å². The van der Waals surface area contributed by atoms with E-state index in [-0.39, 0.29) is 34.0 Å². The Bertz CT molecular complexity index is 2590. The Morgan fingerprint density at radius 3 is 1.59 bits per heavy atom. The highest BCUT2D eigenvalue weighted by atomic mass is 32.1. The second kappa shape index (κ2) is 13.3. The highest BCUT2D eigenvalue weighted by Crippen LogP contribution is 2.28. The van der Waals surface area contributed by atoms with E-state index in [0.717, 1.165) is 27.2 Å². The first-order valence-electron chi connectivity index (χ1n) is 12.2. The van der Waals surface area contributed by atoms with Crippen molar-refractivity contribution < 1.29 is 0 Å². The van der Waals surface area contributed by atoms with Crippen LogP contribution in [0.25, 0.3) is 23.3 Å². The van der Waals surface area contributed by atoms with E-state index >= 15 is 0 Å². The first-order chi connectivity index (χ1) is 21.3. The van der Waals surface area contributed by atoms with E-state index in [1.807, 2.05) is 66.8 Å². The lowest BCUT2D eigenvalue weighted by Gasteiger charge is -2.20. The van der Waals surface area contributed by atoms with Gasteiger partial charge in [-0.25, -0.2) is 4.40 Å². The van der Waals surface area contributed by atoms with Gasteiger partial charge in [-0.1, -0.05) is 0 Å². The zero-order valence-corrected chi connectivity index (χ0v) is 27.0. The molecule has 4 aromatic heterocycles. The topological polar surface area (TPSA) is 170 Å². The number of thiophene rings is 4. The summed E-state index contributed by atoms with van der Waals surface area (Å²) < 4.78 is 14.7. The Labute approximate surface area is 276 Å². The molecule has 0 fully saturated rings. The van der Waals surface area contributed by atoms with Crippen molar-refractivity contribution in [1.29, 1.82) is 26.5 Å². The molecule has 4 aromatic rings. The minimum absolute atomic E-state index is 0.0652. The first-order valence-corrected chi connectivity index (χ1v) is 16.2. The molecule has 5 rings (SSSR count). The number of nitrogens with one attached hydrogen (secondary N) is 1. The fourth-order valence-corrected chi connectivity index (χ4v) is 8.55. The van der Waals surface area contributed by atoms with E-state index in [4.69, 9.17) is 44.6 Å². The number of rotatable bonds is 3. The normalized spacial score (nSPS) is 16.4. The molecule has 14 heteroatoms. The Balaban J connectivity index is 1.65. The fourth-order valence-electron chi connectivity index (χ4n) is 4.16. The molecule has 44 heavy (non-hydrogen) atoms. The maximum atomic E-state index is 9.17. The Morgan fingerprint density at radius 1 is 0.727 bits per heavy atom. The quantitative estimate of drug-likeness (QED) is 0.221. The van der Waals surface area contributed by atoms with Gasteiger partial charge in [0, 0.05) is 50.8 Å². The third-order valence-electron chi connectivity index (χ3n) is 6.22. The van der Waals surface area contributed by atoms with Gasteiger partial charge in [0.05, 0.1) is 20.5 Å². The monoisotopic (exact) mass is 678 g/mol. The van der Waals surface area contributed by atoms with Crippen molar-refractivity contribution in [3.8, 4) is 24.3 Å². The first kappa shape index (κ1) is 30.7. The van der Waals surface area contributed by atoms with Gasteiger partial charge in [0.1, 0.15) is 46.8 Å². The number of thiol groups is 1. The van der Waals surface area contributed by atoms with Crippen molar-refractivity contribution in [2.45, 2.75) is 0 Å². The number of hydrogen-bond acceptors (Lipinski definition) is 14. The summed E-state index contributed by atoms with van der Waals surface area (Å²) in [6, 6.07) is 22.6. The molecule has 0 spiro atoms. The van der Waals surface area contributed by atoms with Crippen LogP contribution in [-0.2, 0) is 12.4 Å². The lowest BCUT2D eigenvalue weighted by atomic mass is 9.89. The van der Waals surface area contributed by atoms with Crippen LogP contribution < -0.4 is 23.9 Å². The molecule has 4 heterocycles. The van der Waals surface area contributed by atoms with Crippen molar-refractivity contribution in [1.82, 2.24) is 0 Å². The van der Waals surface area contributed by atoms with E-state index in [1.165, 1.54) is 45.3 Å². The van der Waals surface area contributed by atoms with Gasteiger partial charge in [0.15, 0.2) is 0 Å². The molecular formula is C30H14N8S6. The van der Waals surface area contributed by atoms with Crippen LogP contribution in [0.2, 0.25) is 0 Å². The maximum Gasteiger partial charge on any atom is 0.146 e. The van der Waals surface area contributed by atoms with Crippen LogP contribution in [-0.4, -0.2) is 11.4 Å². The van der Waals surface area contributed by atoms with Crippen molar-refractivity contribution in [2.75, 3.05) is 0 Å². The average Bonchev–Trinajstić information content (AvgIpc) is 3.85. The number of hydrogen-bond donors (Lipinski definition) is 3. The predicted octanol–water partition coefficient (Wildman–Crippen LogP) is 3.68.